The van der Waals surface area contributed by atoms with E-state index in [0.29, 0.717) is 6.42 Å². The van der Waals surface area contributed by atoms with E-state index < -0.39 is 21.9 Å². The predicted octanol–water partition coefficient (Wildman–Crippen LogP) is 1.73. The minimum Gasteiger partial charge on any atom is -0.491 e. The van der Waals surface area contributed by atoms with E-state index in [-0.39, 0.29) is 41.9 Å². The van der Waals surface area contributed by atoms with E-state index in [4.69, 9.17) is 14.7 Å². The van der Waals surface area contributed by atoms with Crippen LogP contribution in [-0.2, 0) is 10.0 Å². The largest absolute Gasteiger partial charge is 0.491 e. The molecule has 142 valence electrons. The molecule has 1 unspecified atom stereocenters. The highest BCUT2D eigenvalue weighted by Crippen LogP contribution is 2.27. The van der Waals surface area contributed by atoms with Gasteiger partial charge in [-0.05, 0) is 31.5 Å². The molecule has 0 amide bonds. The van der Waals surface area contributed by atoms with Crippen LogP contribution in [0.4, 0.5) is 4.39 Å². The Bertz CT molecular complexity index is 977. The SMILES string of the molecule is CCOc1ccc(S(=O)(=O)N2CCC(Oc3nccnc3C#N)C2)cc1F. The monoisotopic (exact) mass is 392 g/mol. The van der Waals surface area contributed by atoms with Crippen LogP contribution in [0.15, 0.2) is 35.5 Å². The van der Waals surface area contributed by atoms with E-state index in [1.54, 1.807) is 6.92 Å². The maximum Gasteiger partial charge on any atom is 0.251 e. The van der Waals surface area contributed by atoms with Crippen LogP contribution in [0.2, 0.25) is 0 Å². The third-order valence-corrected chi connectivity index (χ3v) is 5.86. The molecular weight excluding hydrogens is 375 g/mol. The van der Waals surface area contributed by atoms with Gasteiger partial charge in [0.25, 0.3) is 5.88 Å². The molecule has 1 aromatic carbocycles. The summed E-state index contributed by atoms with van der Waals surface area (Å²) in [7, 11) is -3.88. The van der Waals surface area contributed by atoms with Gasteiger partial charge >= 0.3 is 0 Å². The summed E-state index contributed by atoms with van der Waals surface area (Å²) in [4.78, 5) is 7.66. The molecule has 8 nitrogen and oxygen atoms in total. The number of ether oxygens (including phenoxy) is 2. The average Bonchev–Trinajstić information content (AvgIpc) is 3.13. The Morgan fingerprint density at radius 1 is 1.37 bits per heavy atom. The molecule has 0 saturated carbocycles. The predicted molar refractivity (Wildman–Crippen MR) is 92.1 cm³/mol. The van der Waals surface area contributed by atoms with Crippen molar-refractivity contribution < 1.29 is 22.3 Å². The second kappa shape index (κ2) is 7.85. The van der Waals surface area contributed by atoms with Crippen LogP contribution < -0.4 is 9.47 Å². The highest BCUT2D eigenvalue weighted by molar-refractivity contribution is 7.89. The van der Waals surface area contributed by atoms with Gasteiger partial charge in [-0.25, -0.2) is 22.8 Å². The van der Waals surface area contributed by atoms with Crippen molar-refractivity contribution in [1.29, 1.82) is 5.26 Å². The van der Waals surface area contributed by atoms with Crippen molar-refractivity contribution in [3.05, 3.63) is 42.1 Å². The first-order valence-electron chi connectivity index (χ1n) is 8.26. The molecule has 1 fully saturated rings. The fourth-order valence-corrected chi connectivity index (χ4v) is 4.22. The quantitative estimate of drug-likeness (QED) is 0.737. The normalized spacial score (nSPS) is 17.4. The first-order valence-corrected chi connectivity index (χ1v) is 9.70. The van der Waals surface area contributed by atoms with Gasteiger partial charge in [0.05, 0.1) is 18.0 Å². The number of rotatable bonds is 6. The van der Waals surface area contributed by atoms with Crippen LogP contribution in [0.1, 0.15) is 19.0 Å². The first kappa shape index (κ1) is 19.0. The minimum absolute atomic E-state index is 0.00534. The molecule has 10 heteroatoms. The smallest absolute Gasteiger partial charge is 0.251 e. The Hall–Kier alpha value is -2.77. The fourth-order valence-electron chi connectivity index (χ4n) is 2.72. The fraction of sp³-hybridized carbons (Fsp3) is 0.353. The molecule has 0 N–H and O–H groups in total. The maximum absolute atomic E-state index is 14.0. The standard InChI is InChI=1S/C17H17FN4O4S/c1-2-25-16-4-3-13(9-14(16)18)27(23,24)22-8-5-12(11-22)26-17-15(10-19)20-6-7-21-17/h3-4,6-7,9,12H,2,5,8,11H2,1H3. The van der Waals surface area contributed by atoms with Gasteiger partial charge in [-0.1, -0.05) is 0 Å². The van der Waals surface area contributed by atoms with Gasteiger partial charge in [-0.15, -0.1) is 0 Å². The van der Waals surface area contributed by atoms with Crippen molar-refractivity contribution in [2.24, 2.45) is 0 Å². The molecule has 1 aliphatic heterocycles. The van der Waals surface area contributed by atoms with Gasteiger partial charge in [0, 0.05) is 18.9 Å². The molecule has 1 aliphatic rings. The van der Waals surface area contributed by atoms with E-state index >= 15 is 0 Å². The van der Waals surface area contributed by atoms with Crippen molar-refractivity contribution in [2.45, 2.75) is 24.3 Å². The molecule has 3 rings (SSSR count). The zero-order valence-corrected chi connectivity index (χ0v) is 15.3. The molecule has 1 aromatic heterocycles. The van der Waals surface area contributed by atoms with Crippen LogP contribution in [0.5, 0.6) is 11.6 Å². The summed E-state index contributed by atoms with van der Waals surface area (Å²) in [5.74, 6) is -0.662. The Morgan fingerprint density at radius 2 is 2.15 bits per heavy atom. The molecule has 1 saturated heterocycles. The highest BCUT2D eigenvalue weighted by Gasteiger charge is 2.34. The first-order chi connectivity index (χ1) is 13.0. The second-order valence-corrected chi connectivity index (χ2v) is 7.68. The Balaban J connectivity index is 1.74. The molecule has 2 aromatic rings. The number of hydrogen-bond acceptors (Lipinski definition) is 7. The summed E-state index contributed by atoms with van der Waals surface area (Å²) in [6.45, 7) is 2.27. The van der Waals surface area contributed by atoms with E-state index in [1.807, 2.05) is 6.07 Å². The van der Waals surface area contributed by atoms with Crippen LogP contribution in [0.25, 0.3) is 0 Å². The highest BCUT2D eigenvalue weighted by atomic mass is 32.2. The van der Waals surface area contributed by atoms with Gasteiger partial charge in [0.1, 0.15) is 12.2 Å². The summed E-state index contributed by atoms with van der Waals surface area (Å²) in [6, 6.07) is 5.44. The zero-order valence-electron chi connectivity index (χ0n) is 14.5. The van der Waals surface area contributed by atoms with Gasteiger partial charge < -0.3 is 9.47 Å². The van der Waals surface area contributed by atoms with Gasteiger partial charge in [-0.2, -0.15) is 9.57 Å². The summed E-state index contributed by atoms with van der Waals surface area (Å²) in [5, 5.41) is 9.02. The Kier molecular flexibility index (Phi) is 5.53. The van der Waals surface area contributed by atoms with Crippen LogP contribution in [0, 0.1) is 17.1 Å². The maximum atomic E-state index is 14.0. The molecule has 0 spiro atoms. The Labute approximate surface area is 156 Å². The molecule has 2 heterocycles. The summed E-state index contributed by atoms with van der Waals surface area (Å²) < 4.78 is 51.5. The van der Waals surface area contributed by atoms with E-state index in [1.165, 1.54) is 28.8 Å². The van der Waals surface area contributed by atoms with Crippen molar-refractivity contribution in [3.63, 3.8) is 0 Å². The summed E-state index contributed by atoms with van der Waals surface area (Å²) in [5.41, 5.74) is 0.0346. The molecule has 0 aliphatic carbocycles. The topological polar surface area (TPSA) is 105 Å². The lowest BCUT2D eigenvalue weighted by Gasteiger charge is -2.17. The summed E-state index contributed by atoms with van der Waals surface area (Å²) in [6.07, 6.45) is 2.70. The molecule has 0 radical (unpaired) electrons. The number of nitrogens with zero attached hydrogens (tertiary/aromatic N) is 4. The molecule has 0 bridgehead atoms. The number of halogens is 1. The lowest BCUT2D eigenvalue weighted by atomic mass is 10.3. The van der Waals surface area contributed by atoms with Crippen molar-refractivity contribution in [3.8, 4) is 17.7 Å². The van der Waals surface area contributed by atoms with Crippen LogP contribution in [-0.4, -0.2) is 48.5 Å². The number of aromatic nitrogens is 2. The molecule has 1 atom stereocenters. The number of nitriles is 1. The number of hydrogen-bond donors (Lipinski definition) is 0. The number of benzene rings is 1. The van der Waals surface area contributed by atoms with Crippen molar-refractivity contribution >= 4 is 10.0 Å². The third-order valence-electron chi connectivity index (χ3n) is 4.00. The lowest BCUT2D eigenvalue weighted by molar-refractivity contribution is 0.205. The van der Waals surface area contributed by atoms with Crippen LogP contribution in [0.3, 0.4) is 0 Å². The zero-order chi connectivity index (χ0) is 19.4. The lowest BCUT2D eigenvalue weighted by Crippen LogP contribution is -2.31. The Morgan fingerprint density at radius 3 is 2.85 bits per heavy atom. The third kappa shape index (κ3) is 3.99. The minimum atomic E-state index is -3.88. The van der Waals surface area contributed by atoms with Gasteiger partial charge in [-0.3, -0.25) is 0 Å². The number of sulfonamides is 1. The van der Waals surface area contributed by atoms with Gasteiger partial charge in [0.2, 0.25) is 15.7 Å². The summed E-state index contributed by atoms with van der Waals surface area (Å²) >= 11 is 0. The van der Waals surface area contributed by atoms with E-state index in [0.717, 1.165) is 6.07 Å². The molecule has 27 heavy (non-hydrogen) atoms. The average molecular weight is 392 g/mol. The second-order valence-electron chi connectivity index (χ2n) is 5.74. The van der Waals surface area contributed by atoms with Crippen molar-refractivity contribution in [1.82, 2.24) is 14.3 Å². The molecular formula is C17H17FN4O4S. The van der Waals surface area contributed by atoms with E-state index in [2.05, 4.69) is 9.97 Å². The van der Waals surface area contributed by atoms with Crippen LogP contribution >= 0.6 is 0 Å². The van der Waals surface area contributed by atoms with Crippen molar-refractivity contribution in [2.75, 3.05) is 19.7 Å². The van der Waals surface area contributed by atoms with E-state index in [9.17, 15) is 12.8 Å². The van der Waals surface area contributed by atoms with Gasteiger partial charge in [0.15, 0.2) is 11.6 Å².